The van der Waals surface area contributed by atoms with Gasteiger partial charge in [0.05, 0.1) is 17.4 Å². The fraction of sp³-hybridized carbons (Fsp3) is 0.391. The van der Waals surface area contributed by atoms with Gasteiger partial charge in [-0.25, -0.2) is 0 Å². The average Bonchev–Trinajstić information content (AvgIpc) is 3.25. The second kappa shape index (κ2) is 10.1. The highest BCUT2D eigenvalue weighted by atomic mass is 16.5. The van der Waals surface area contributed by atoms with Crippen molar-refractivity contribution in [2.45, 2.75) is 31.8 Å². The number of hydrogen-bond acceptors (Lipinski definition) is 4. The summed E-state index contributed by atoms with van der Waals surface area (Å²) >= 11 is 0. The smallest absolute Gasteiger partial charge is 0.253 e. The van der Waals surface area contributed by atoms with Gasteiger partial charge in [0.2, 0.25) is 5.91 Å². The topological polar surface area (TPSA) is 70.7 Å². The second-order valence-electron chi connectivity index (χ2n) is 7.50. The first-order valence-corrected chi connectivity index (χ1v) is 10.1. The minimum Gasteiger partial charge on any atom is -0.378 e. The molecule has 0 bridgehead atoms. The van der Waals surface area contributed by atoms with Crippen LogP contribution in [-0.2, 0) is 16.0 Å². The highest BCUT2D eigenvalue weighted by Gasteiger charge is 2.18. The number of amides is 2. The quantitative estimate of drug-likeness (QED) is 0.720. The van der Waals surface area contributed by atoms with Crippen LogP contribution in [0.1, 0.15) is 35.2 Å². The van der Waals surface area contributed by atoms with E-state index >= 15 is 0 Å². The minimum absolute atomic E-state index is 0.0830. The van der Waals surface area contributed by atoms with Crippen LogP contribution in [0.15, 0.2) is 48.5 Å². The van der Waals surface area contributed by atoms with Crippen LogP contribution in [-0.4, -0.2) is 45.2 Å². The maximum atomic E-state index is 12.5. The van der Waals surface area contributed by atoms with E-state index in [4.69, 9.17) is 4.74 Å². The van der Waals surface area contributed by atoms with Gasteiger partial charge in [-0.2, -0.15) is 0 Å². The molecule has 154 valence electrons. The first kappa shape index (κ1) is 20.9. The lowest BCUT2D eigenvalue weighted by atomic mass is 10.1. The molecule has 0 aliphatic carbocycles. The fourth-order valence-corrected chi connectivity index (χ4v) is 3.33. The molecular weight excluding hydrogens is 366 g/mol. The summed E-state index contributed by atoms with van der Waals surface area (Å²) in [5.74, 6) is -0.309. The summed E-state index contributed by atoms with van der Waals surface area (Å²) in [5, 5.41) is 5.79. The molecule has 2 N–H and O–H groups in total. The summed E-state index contributed by atoms with van der Waals surface area (Å²) in [6.45, 7) is 1.25. The van der Waals surface area contributed by atoms with Gasteiger partial charge in [-0.05, 0) is 49.1 Å². The first-order chi connectivity index (χ1) is 14.0. The first-order valence-electron chi connectivity index (χ1n) is 10.1. The third kappa shape index (κ3) is 6.06. The van der Waals surface area contributed by atoms with Gasteiger partial charge in [0, 0.05) is 39.4 Å². The van der Waals surface area contributed by atoms with Gasteiger partial charge in [-0.15, -0.1) is 0 Å². The van der Waals surface area contributed by atoms with Crippen molar-refractivity contribution in [3.63, 3.8) is 0 Å². The number of carbonyl (C=O) groups is 2. The molecule has 0 saturated carbocycles. The van der Waals surface area contributed by atoms with Gasteiger partial charge >= 0.3 is 0 Å². The van der Waals surface area contributed by atoms with Crippen LogP contribution < -0.4 is 15.5 Å². The molecule has 2 aromatic rings. The third-order valence-electron chi connectivity index (χ3n) is 5.05. The molecule has 2 amide bonds. The number of anilines is 2. The standard InChI is InChI=1S/C23H29N3O3/c1-26(2)18-12-9-17(10-13-18)11-14-22(27)25-21-8-4-3-7-20(21)23(28)24-16-19-6-5-15-29-19/h3-4,7-10,12-13,19H,5-6,11,14-16H2,1-2H3,(H,24,28)(H,25,27). The van der Waals surface area contributed by atoms with E-state index in [0.29, 0.717) is 30.6 Å². The minimum atomic E-state index is -0.198. The van der Waals surface area contributed by atoms with E-state index in [1.807, 2.05) is 49.3 Å². The molecule has 1 saturated heterocycles. The van der Waals surface area contributed by atoms with Crippen molar-refractivity contribution in [1.82, 2.24) is 5.32 Å². The molecule has 0 radical (unpaired) electrons. The van der Waals surface area contributed by atoms with Crippen molar-refractivity contribution in [2.24, 2.45) is 0 Å². The summed E-state index contributed by atoms with van der Waals surface area (Å²) in [7, 11) is 3.99. The van der Waals surface area contributed by atoms with E-state index < -0.39 is 0 Å². The van der Waals surface area contributed by atoms with Crippen LogP contribution in [0, 0.1) is 0 Å². The van der Waals surface area contributed by atoms with E-state index in [1.165, 1.54) is 0 Å². The average molecular weight is 396 g/mol. The molecule has 1 heterocycles. The van der Waals surface area contributed by atoms with Crippen LogP contribution in [0.25, 0.3) is 0 Å². The van der Waals surface area contributed by atoms with Gasteiger partial charge < -0.3 is 20.3 Å². The normalized spacial score (nSPS) is 15.7. The van der Waals surface area contributed by atoms with Gasteiger partial charge in [0.15, 0.2) is 0 Å². The van der Waals surface area contributed by atoms with E-state index in [9.17, 15) is 9.59 Å². The Kier molecular flexibility index (Phi) is 7.25. The molecule has 0 spiro atoms. The predicted molar refractivity (Wildman–Crippen MR) is 115 cm³/mol. The number of rotatable bonds is 8. The summed E-state index contributed by atoms with van der Waals surface area (Å²) in [4.78, 5) is 27.0. The molecule has 1 aliphatic heterocycles. The molecule has 2 aromatic carbocycles. The number of aryl methyl sites for hydroxylation is 1. The molecule has 1 aliphatic rings. The molecule has 6 heteroatoms. The lowest BCUT2D eigenvalue weighted by Gasteiger charge is -2.14. The van der Waals surface area contributed by atoms with Crippen molar-refractivity contribution in [3.05, 3.63) is 59.7 Å². The highest BCUT2D eigenvalue weighted by molar-refractivity contribution is 6.03. The number of nitrogens with zero attached hydrogens (tertiary/aromatic N) is 1. The molecule has 1 unspecified atom stereocenters. The van der Waals surface area contributed by atoms with Crippen molar-refractivity contribution in [2.75, 3.05) is 37.5 Å². The van der Waals surface area contributed by atoms with Crippen LogP contribution in [0.5, 0.6) is 0 Å². The highest BCUT2D eigenvalue weighted by Crippen LogP contribution is 2.17. The number of ether oxygens (including phenoxy) is 1. The number of para-hydroxylation sites is 1. The zero-order chi connectivity index (χ0) is 20.6. The zero-order valence-corrected chi connectivity index (χ0v) is 17.1. The van der Waals surface area contributed by atoms with Gasteiger partial charge in [0.1, 0.15) is 0 Å². The maximum absolute atomic E-state index is 12.5. The largest absolute Gasteiger partial charge is 0.378 e. The van der Waals surface area contributed by atoms with E-state index in [0.717, 1.165) is 30.7 Å². The summed E-state index contributed by atoms with van der Waals surface area (Å²) in [5.41, 5.74) is 3.23. The van der Waals surface area contributed by atoms with Crippen molar-refractivity contribution >= 4 is 23.2 Å². The van der Waals surface area contributed by atoms with E-state index in [1.54, 1.807) is 18.2 Å². The Morgan fingerprint density at radius 3 is 2.55 bits per heavy atom. The Morgan fingerprint density at radius 1 is 1.10 bits per heavy atom. The maximum Gasteiger partial charge on any atom is 0.253 e. The van der Waals surface area contributed by atoms with Gasteiger partial charge in [0.25, 0.3) is 5.91 Å². The van der Waals surface area contributed by atoms with Gasteiger partial charge in [-0.1, -0.05) is 24.3 Å². The van der Waals surface area contributed by atoms with E-state index in [-0.39, 0.29) is 17.9 Å². The van der Waals surface area contributed by atoms with Crippen LogP contribution in [0.2, 0.25) is 0 Å². The van der Waals surface area contributed by atoms with Crippen molar-refractivity contribution < 1.29 is 14.3 Å². The Labute approximate surface area is 172 Å². The molecular formula is C23H29N3O3. The monoisotopic (exact) mass is 395 g/mol. The number of hydrogen-bond donors (Lipinski definition) is 2. The third-order valence-corrected chi connectivity index (χ3v) is 5.05. The van der Waals surface area contributed by atoms with Crippen LogP contribution in [0.4, 0.5) is 11.4 Å². The molecule has 1 atom stereocenters. The lowest BCUT2D eigenvalue weighted by molar-refractivity contribution is -0.116. The lowest BCUT2D eigenvalue weighted by Crippen LogP contribution is -2.32. The van der Waals surface area contributed by atoms with Crippen molar-refractivity contribution in [3.8, 4) is 0 Å². The molecule has 1 fully saturated rings. The molecule has 29 heavy (non-hydrogen) atoms. The van der Waals surface area contributed by atoms with Gasteiger partial charge in [-0.3, -0.25) is 9.59 Å². The molecule has 0 aromatic heterocycles. The number of benzene rings is 2. The Balaban J connectivity index is 1.53. The fourth-order valence-electron chi connectivity index (χ4n) is 3.33. The Bertz CT molecular complexity index is 828. The Morgan fingerprint density at radius 2 is 1.86 bits per heavy atom. The summed E-state index contributed by atoms with van der Waals surface area (Å²) in [6, 6.07) is 15.2. The summed E-state index contributed by atoms with van der Waals surface area (Å²) in [6.07, 6.45) is 3.08. The predicted octanol–water partition coefficient (Wildman–Crippen LogP) is 3.23. The second-order valence-corrected chi connectivity index (χ2v) is 7.50. The number of carbonyl (C=O) groups excluding carboxylic acids is 2. The number of nitrogens with one attached hydrogen (secondary N) is 2. The summed E-state index contributed by atoms with van der Waals surface area (Å²) < 4.78 is 5.54. The van der Waals surface area contributed by atoms with Crippen LogP contribution >= 0.6 is 0 Å². The van der Waals surface area contributed by atoms with Crippen molar-refractivity contribution in [1.29, 1.82) is 0 Å². The van der Waals surface area contributed by atoms with Crippen LogP contribution in [0.3, 0.4) is 0 Å². The SMILES string of the molecule is CN(C)c1ccc(CCC(=O)Nc2ccccc2C(=O)NCC2CCCO2)cc1. The molecule has 3 rings (SSSR count). The van der Waals surface area contributed by atoms with E-state index in [2.05, 4.69) is 10.6 Å². The zero-order valence-electron chi connectivity index (χ0n) is 17.1. The molecule has 6 nitrogen and oxygen atoms in total. The Hall–Kier alpha value is -2.86.